The Kier molecular flexibility index (Phi) is 7.94. The largest absolute Gasteiger partial charge is 0.390 e. The van der Waals surface area contributed by atoms with Crippen LogP contribution in [0.25, 0.3) is 28.1 Å². The topological polar surface area (TPSA) is 148 Å². The maximum absolute atomic E-state index is 12.9. The molecule has 1 aliphatic rings. The summed E-state index contributed by atoms with van der Waals surface area (Å²) in [5, 5.41) is 42.1. The summed E-state index contributed by atoms with van der Waals surface area (Å²) in [5.41, 5.74) is 3.37. The van der Waals surface area contributed by atoms with Crippen LogP contribution in [0, 0.1) is 17.2 Å². The average Bonchev–Trinajstić information content (AvgIpc) is 3.24. The number of allylic oxidation sites excluding steroid dienone is 1. The van der Waals surface area contributed by atoms with Crippen LogP contribution in [0.5, 0.6) is 0 Å². The van der Waals surface area contributed by atoms with E-state index in [9.17, 15) is 29.0 Å². The lowest BCUT2D eigenvalue weighted by atomic mass is 9.91. The minimum atomic E-state index is -4.29. The zero-order chi connectivity index (χ0) is 27.8. The lowest BCUT2D eigenvalue weighted by Crippen LogP contribution is -2.56. The summed E-state index contributed by atoms with van der Waals surface area (Å²) in [4.78, 5) is 1.50. The van der Waals surface area contributed by atoms with Crippen molar-refractivity contribution in [3.8, 4) is 17.3 Å². The van der Waals surface area contributed by atoms with Crippen molar-refractivity contribution < 1.29 is 28.5 Å². The molecule has 1 unspecified atom stereocenters. The van der Waals surface area contributed by atoms with E-state index in [4.69, 9.17) is 4.74 Å². The Morgan fingerprint density at radius 2 is 1.79 bits per heavy atom. The van der Waals surface area contributed by atoms with E-state index in [1.807, 2.05) is 43.3 Å². The fourth-order valence-corrected chi connectivity index (χ4v) is 5.51. The first-order chi connectivity index (χ1) is 17.9. The van der Waals surface area contributed by atoms with E-state index in [0.29, 0.717) is 5.69 Å². The number of nitriles is 1. The highest BCUT2D eigenvalue weighted by Crippen LogP contribution is 2.29. The second-order valence-corrected chi connectivity index (χ2v) is 11.4. The first kappa shape index (κ1) is 27.8. The van der Waals surface area contributed by atoms with Gasteiger partial charge in [-0.1, -0.05) is 18.2 Å². The molecule has 0 radical (unpaired) electrons. The van der Waals surface area contributed by atoms with Crippen molar-refractivity contribution in [1.82, 2.24) is 9.29 Å². The Morgan fingerprint density at radius 3 is 2.47 bits per heavy atom. The number of aliphatic hydroxyl groups is 3. The standard InChI is InChI=1S/C27H32N4O6S/c1-16-25(32)26(33)23(27(34)37-16)15-29-38(35,36)22(14-28)13-21-9-10-24(31(21)4)19-6-5-18-12-20(30(2)3)8-7-17(18)11-19/h5-13,16,23,25-27,29,32-34H,15H2,1-4H3/b22-13+/t16-,23-,25?,26+,27-/m0/s1. The molecule has 4 rings (SSSR count). The highest BCUT2D eigenvalue weighted by atomic mass is 32.2. The summed E-state index contributed by atoms with van der Waals surface area (Å²) < 4.78 is 35.0. The van der Waals surface area contributed by atoms with Gasteiger partial charge in [0.2, 0.25) is 0 Å². The van der Waals surface area contributed by atoms with Crippen LogP contribution in [0.3, 0.4) is 0 Å². The number of aliphatic hydroxyl groups excluding tert-OH is 3. The molecule has 38 heavy (non-hydrogen) atoms. The molecule has 0 bridgehead atoms. The van der Waals surface area contributed by atoms with Gasteiger partial charge in [-0.2, -0.15) is 5.26 Å². The molecule has 0 spiro atoms. The van der Waals surface area contributed by atoms with Gasteiger partial charge in [0.05, 0.1) is 18.1 Å². The van der Waals surface area contributed by atoms with Crippen molar-refractivity contribution in [1.29, 1.82) is 5.26 Å². The molecule has 0 aliphatic carbocycles. The lowest BCUT2D eigenvalue weighted by Gasteiger charge is -2.39. The summed E-state index contributed by atoms with van der Waals surface area (Å²) in [5.74, 6) is -1.11. The number of rotatable bonds is 7. The molecule has 10 nitrogen and oxygen atoms in total. The molecule has 1 saturated heterocycles. The molecular weight excluding hydrogens is 508 g/mol. The first-order valence-corrected chi connectivity index (χ1v) is 13.6. The van der Waals surface area contributed by atoms with Crippen LogP contribution in [0.2, 0.25) is 0 Å². The molecule has 4 N–H and O–H groups in total. The maximum Gasteiger partial charge on any atom is 0.250 e. The average molecular weight is 541 g/mol. The summed E-state index contributed by atoms with van der Waals surface area (Å²) in [6.45, 7) is 1.06. The van der Waals surface area contributed by atoms with Gasteiger partial charge in [-0.25, -0.2) is 13.1 Å². The zero-order valence-corrected chi connectivity index (χ0v) is 22.4. The van der Waals surface area contributed by atoms with Crippen molar-refractivity contribution in [2.75, 3.05) is 25.5 Å². The van der Waals surface area contributed by atoms with E-state index in [1.165, 1.54) is 13.0 Å². The van der Waals surface area contributed by atoms with Crippen LogP contribution in [0.1, 0.15) is 12.6 Å². The van der Waals surface area contributed by atoms with E-state index in [2.05, 4.69) is 22.9 Å². The predicted octanol–water partition coefficient (Wildman–Crippen LogP) is 1.77. The van der Waals surface area contributed by atoms with Gasteiger partial charge in [0, 0.05) is 44.8 Å². The van der Waals surface area contributed by atoms with E-state index < -0.39 is 52.0 Å². The fourth-order valence-electron chi connectivity index (χ4n) is 4.54. The maximum atomic E-state index is 12.9. The van der Waals surface area contributed by atoms with Gasteiger partial charge in [0.25, 0.3) is 10.0 Å². The third kappa shape index (κ3) is 5.47. The van der Waals surface area contributed by atoms with Crippen molar-refractivity contribution in [3.63, 3.8) is 0 Å². The van der Waals surface area contributed by atoms with Crippen molar-refractivity contribution in [3.05, 3.63) is 59.1 Å². The van der Waals surface area contributed by atoms with Gasteiger partial charge in [0.1, 0.15) is 12.2 Å². The van der Waals surface area contributed by atoms with Crippen LogP contribution in [-0.2, 0) is 21.8 Å². The van der Waals surface area contributed by atoms with Gasteiger partial charge >= 0.3 is 0 Å². The molecule has 0 amide bonds. The molecule has 2 heterocycles. The number of ether oxygens (including phenoxy) is 1. The van der Waals surface area contributed by atoms with Gasteiger partial charge in [-0.3, -0.25) is 0 Å². The molecule has 3 aromatic rings. The highest BCUT2D eigenvalue weighted by molar-refractivity contribution is 7.93. The second kappa shape index (κ2) is 10.9. The number of aromatic nitrogens is 1. The Hall–Kier alpha value is -3.24. The molecule has 1 aromatic heterocycles. The number of fused-ring (bicyclic) bond motifs is 1. The lowest BCUT2D eigenvalue weighted by molar-refractivity contribution is -0.257. The number of hydrogen-bond acceptors (Lipinski definition) is 8. The number of sulfonamides is 1. The highest BCUT2D eigenvalue weighted by Gasteiger charge is 2.42. The molecule has 202 valence electrons. The molecule has 2 aromatic carbocycles. The van der Waals surface area contributed by atoms with E-state index in [-0.39, 0.29) is 0 Å². The Morgan fingerprint density at radius 1 is 1.11 bits per heavy atom. The fraction of sp³-hybridized carbons (Fsp3) is 0.370. The second-order valence-electron chi connectivity index (χ2n) is 9.69. The summed E-state index contributed by atoms with van der Waals surface area (Å²) >= 11 is 0. The third-order valence-electron chi connectivity index (χ3n) is 6.97. The molecule has 1 fully saturated rings. The van der Waals surface area contributed by atoms with Crippen LogP contribution in [-0.4, -0.2) is 73.5 Å². The monoisotopic (exact) mass is 540 g/mol. The zero-order valence-electron chi connectivity index (χ0n) is 21.6. The number of anilines is 1. The summed E-state index contributed by atoms with van der Waals surface area (Å²) in [6.07, 6.45) is -3.72. The van der Waals surface area contributed by atoms with Crippen LogP contribution < -0.4 is 9.62 Å². The normalized spacial score (nSPS) is 24.4. The molecule has 1 aliphatic heterocycles. The first-order valence-electron chi connectivity index (χ1n) is 12.1. The quantitative estimate of drug-likeness (QED) is 0.332. The molecule has 11 heteroatoms. The van der Waals surface area contributed by atoms with Gasteiger partial charge < -0.3 is 29.5 Å². The van der Waals surface area contributed by atoms with Crippen molar-refractivity contribution >= 4 is 32.6 Å². The van der Waals surface area contributed by atoms with Crippen molar-refractivity contribution in [2.45, 2.75) is 31.5 Å². The van der Waals surface area contributed by atoms with E-state index in [0.717, 1.165) is 27.7 Å². The van der Waals surface area contributed by atoms with Gasteiger partial charge in [-0.05, 0) is 59.7 Å². The third-order valence-corrected chi connectivity index (χ3v) is 8.31. The minimum Gasteiger partial charge on any atom is -0.390 e. The number of benzene rings is 2. The van der Waals surface area contributed by atoms with E-state index >= 15 is 0 Å². The number of nitrogens with zero attached hydrogens (tertiary/aromatic N) is 3. The summed E-state index contributed by atoms with van der Waals surface area (Å²) in [6, 6.07) is 17.6. The summed E-state index contributed by atoms with van der Waals surface area (Å²) in [7, 11) is 1.47. The van der Waals surface area contributed by atoms with Crippen LogP contribution >= 0.6 is 0 Å². The Balaban J connectivity index is 1.56. The van der Waals surface area contributed by atoms with Crippen LogP contribution in [0.15, 0.2) is 53.4 Å². The van der Waals surface area contributed by atoms with Gasteiger partial charge in [-0.15, -0.1) is 0 Å². The number of hydrogen-bond donors (Lipinski definition) is 4. The predicted molar refractivity (Wildman–Crippen MR) is 145 cm³/mol. The van der Waals surface area contributed by atoms with Crippen molar-refractivity contribution in [2.24, 2.45) is 13.0 Å². The SMILES string of the molecule is C[C@@H]1O[C@H](O)[C@@H](CNS(=O)(=O)/C(C#N)=C/c2ccc(-c3ccc4cc(N(C)C)ccc4c3)n2C)[C@@H](O)C1O. The Bertz CT molecular complexity index is 1510. The smallest absolute Gasteiger partial charge is 0.250 e. The minimum absolute atomic E-state index is 0.432. The number of nitrogens with one attached hydrogen (secondary N) is 1. The molecule has 0 saturated carbocycles. The van der Waals surface area contributed by atoms with Gasteiger partial charge in [0.15, 0.2) is 11.2 Å². The molecular formula is C27H32N4O6S. The van der Waals surface area contributed by atoms with E-state index in [1.54, 1.807) is 23.8 Å². The molecule has 5 atom stereocenters. The Labute approximate surface area is 222 Å². The van der Waals surface area contributed by atoms with Crippen LogP contribution in [0.4, 0.5) is 5.69 Å².